The molecule has 0 aliphatic carbocycles. The van der Waals surface area contributed by atoms with Crippen molar-refractivity contribution in [2.45, 2.75) is 0 Å². The summed E-state index contributed by atoms with van der Waals surface area (Å²) in [5, 5.41) is 11.6. The molecular weight excluding hydrogens is 342 g/mol. The molecule has 0 fully saturated rings. The van der Waals surface area contributed by atoms with Crippen molar-refractivity contribution in [1.82, 2.24) is 15.2 Å². The molecule has 0 unspecified atom stereocenters. The number of aromatic nitrogens is 3. The number of hydrogen-bond acceptors (Lipinski definition) is 4. The van der Waals surface area contributed by atoms with Crippen molar-refractivity contribution in [3.8, 4) is 11.3 Å². The third-order valence-electron chi connectivity index (χ3n) is 3.58. The summed E-state index contributed by atoms with van der Waals surface area (Å²) < 4.78 is 27.6. The van der Waals surface area contributed by atoms with Crippen molar-refractivity contribution in [2.75, 3.05) is 29.6 Å². The molecule has 9 heteroatoms. The Labute approximate surface area is 148 Å². The van der Waals surface area contributed by atoms with Gasteiger partial charge in [0, 0.05) is 26.4 Å². The molecule has 0 atom stereocenters. The molecule has 0 saturated heterocycles. The summed E-state index contributed by atoms with van der Waals surface area (Å²) >= 11 is 0. The van der Waals surface area contributed by atoms with E-state index in [0.29, 0.717) is 5.69 Å². The molecule has 0 aliphatic rings. The summed E-state index contributed by atoms with van der Waals surface area (Å²) in [6.07, 6.45) is 3.17. The van der Waals surface area contributed by atoms with Gasteiger partial charge in [-0.25, -0.2) is 13.6 Å². The number of rotatable bonds is 4. The molecule has 3 N–H and O–H groups in total. The molecule has 0 spiro atoms. The predicted octanol–water partition coefficient (Wildman–Crippen LogP) is 3.46. The molecule has 2 amide bonds. The van der Waals surface area contributed by atoms with Crippen LogP contribution in [0.25, 0.3) is 11.3 Å². The second-order valence-electron chi connectivity index (χ2n) is 5.63. The number of benzene rings is 1. The number of amides is 2. The zero-order valence-corrected chi connectivity index (χ0v) is 14.0. The lowest BCUT2D eigenvalue weighted by molar-refractivity contribution is 0.262. The normalized spacial score (nSPS) is 10.5. The Morgan fingerprint density at radius 3 is 2.58 bits per heavy atom. The molecule has 1 aromatic carbocycles. The summed E-state index contributed by atoms with van der Waals surface area (Å²) in [5.74, 6) is -1.32. The van der Waals surface area contributed by atoms with E-state index >= 15 is 0 Å². The maximum absolute atomic E-state index is 13.8. The first-order valence-corrected chi connectivity index (χ1v) is 7.65. The molecule has 0 saturated carbocycles. The van der Waals surface area contributed by atoms with Crippen molar-refractivity contribution >= 4 is 23.2 Å². The molecule has 2 aromatic heterocycles. The summed E-state index contributed by atoms with van der Waals surface area (Å²) in [7, 11) is 3.64. The molecule has 3 rings (SSSR count). The van der Waals surface area contributed by atoms with E-state index in [1.807, 2.05) is 14.1 Å². The van der Waals surface area contributed by atoms with Crippen LogP contribution in [0.15, 0.2) is 42.7 Å². The maximum atomic E-state index is 13.8. The number of nitrogens with one attached hydrogen (secondary N) is 3. The number of pyridine rings is 1. The van der Waals surface area contributed by atoms with Crippen LogP contribution in [0.2, 0.25) is 0 Å². The van der Waals surface area contributed by atoms with Gasteiger partial charge >= 0.3 is 6.03 Å². The van der Waals surface area contributed by atoms with Crippen LogP contribution in [-0.2, 0) is 0 Å². The van der Waals surface area contributed by atoms with Gasteiger partial charge in [0.25, 0.3) is 0 Å². The van der Waals surface area contributed by atoms with Gasteiger partial charge in [0.05, 0.1) is 28.8 Å². The smallest absolute Gasteiger partial charge is 0.324 e. The van der Waals surface area contributed by atoms with Crippen molar-refractivity contribution < 1.29 is 13.6 Å². The second kappa shape index (κ2) is 7.18. The number of carbonyl (C=O) groups is 1. The number of nitrogens with zero attached hydrogens (tertiary/aromatic N) is 3. The van der Waals surface area contributed by atoms with E-state index in [9.17, 15) is 13.6 Å². The monoisotopic (exact) mass is 358 g/mol. The first kappa shape index (κ1) is 17.3. The van der Waals surface area contributed by atoms with Gasteiger partial charge in [-0.05, 0) is 18.2 Å². The van der Waals surface area contributed by atoms with Crippen LogP contribution in [0.1, 0.15) is 0 Å². The summed E-state index contributed by atoms with van der Waals surface area (Å²) in [6.45, 7) is 0. The van der Waals surface area contributed by atoms with E-state index in [-0.39, 0.29) is 17.1 Å². The minimum Gasteiger partial charge on any atom is -0.375 e. The van der Waals surface area contributed by atoms with E-state index < -0.39 is 17.7 Å². The minimum absolute atomic E-state index is 0.119. The number of aromatic amines is 1. The number of H-pyrrole nitrogens is 1. The van der Waals surface area contributed by atoms with Crippen molar-refractivity contribution in [3.63, 3.8) is 0 Å². The highest BCUT2D eigenvalue weighted by atomic mass is 19.1. The second-order valence-corrected chi connectivity index (χ2v) is 5.63. The van der Waals surface area contributed by atoms with E-state index in [2.05, 4.69) is 25.8 Å². The third kappa shape index (κ3) is 3.61. The van der Waals surface area contributed by atoms with E-state index in [4.69, 9.17) is 0 Å². The fourth-order valence-corrected chi connectivity index (χ4v) is 2.39. The van der Waals surface area contributed by atoms with Crippen LogP contribution in [0.3, 0.4) is 0 Å². The first-order chi connectivity index (χ1) is 12.5. The van der Waals surface area contributed by atoms with Gasteiger partial charge in [0.2, 0.25) is 0 Å². The van der Waals surface area contributed by atoms with Gasteiger partial charge < -0.3 is 10.2 Å². The topological polar surface area (TPSA) is 85.9 Å². The van der Waals surface area contributed by atoms with Crippen molar-refractivity contribution in [1.29, 1.82) is 0 Å². The predicted molar refractivity (Wildman–Crippen MR) is 95.1 cm³/mol. The number of urea groups is 1. The van der Waals surface area contributed by atoms with E-state index in [0.717, 1.165) is 17.8 Å². The van der Waals surface area contributed by atoms with Crippen LogP contribution in [0.5, 0.6) is 0 Å². The van der Waals surface area contributed by atoms with Crippen molar-refractivity contribution in [2.24, 2.45) is 0 Å². The summed E-state index contributed by atoms with van der Waals surface area (Å²) in [5.41, 5.74) is 1.16. The molecule has 3 aromatic rings. The highest BCUT2D eigenvalue weighted by molar-refractivity contribution is 6.01. The van der Waals surface area contributed by atoms with Crippen LogP contribution >= 0.6 is 0 Å². The first-order valence-electron chi connectivity index (χ1n) is 7.65. The van der Waals surface area contributed by atoms with Crippen molar-refractivity contribution in [3.05, 3.63) is 54.4 Å². The lowest BCUT2D eigenvalue weighted by atomic mass is 10.1. The highest BCUT2D eigenvalue weighted by Gasteiger charge is 2.15. The van der Waals surface area contributed by atoms with Crippen LogP contribution in [0.4, 0.5) is 30.8 Å². The molecule has 0 bridgehead atoms. The van der Waals surface area contributed by atoms with E-state index in [1.54, 1.807) is 23.4 Å². The Morgan fingerprint density at radius 1 is 1.15 bits per heavy atom. The zero-order valence-electron chi connectivity index (χ0n) is 14.0. The van der Waals surface area contributed by atoms with Gasteiger partial charge in [0.15, 0.2) is 5.82 Å². The third-order valence-corrected chi connectivity index (χ3v) is 3.58. The summed E-state index contributed by atoms with van der Waals surface area (Å²) in [4.78, 5) is 18.0. The summed E-state index contributed by atoms with van der Waals surface area (Å²) in [6, 6.07) is 6.01. The molecule has 7 nitrogen and oxygen atoms in total. The Balaban J connectivity index is 1.75. The molecule has 26 heavy (non-hydrogen) atoms. The van der Waals surface area contributed by atoms with Gasteiger partial charge in [-0.3, -0.25) is 15.4 Å². The fraction of sp³-hybridized carbons (Fsp3) is 0.118. The van der Waals surface area contributed by atoms with Gasteiger partial charge in [-0.15, -0.1) is 0 Å². The average molecular weight is 358 g/mol. The number of anilines is 3. The molecule has 0 aliphatic heterocycles. The number of halogens is 2. The number of hydrogen-bond donors (Lipinski definition) is 3. The Hall–Kier alpha value is -3.49. The molecule has 0 radical (unpaired) electrons. The maximum Gasteiger partial charge on any atom is 0.324 e. The molecule has 2 heterocycles. The quantitative estimate of drug-likeness (QED) is 0.667. The highest BCUT2D eigenvalue weighted by Crippen LogP contribution is 2.26. The SMILES string of the molecule is CN(C)c1cnccc1NC(=O)Nc1cc(-c2c(F)cccc2F)[nH]n1. The molecular formula is C17H16F2N6O. The average Bonchev–Trinajstić information content (AvgIpc) is 3.02. The Bertz CT molecular complexity index is 920. The molecule has 134 valence electrons. The van der Waals surface area contributed by atoms with E-state index in [1.165, 1.54) is 12.1 Å². The van der Waals surface area contributed by atoms with Gasteiger partial charge in [-0.2, -0.15) is 5.10 Å². The van der Waals surface area contributed by atoms with Gasteiger partial charge in [0.1, 0.15) is 11.6 Å². The van der Waals surface area contributed by atoms with Crippen LogP contribution < -0.4 is 15.5 Å². The van der Waals surface area contributed by atoms with Crippen LogP contribution in [-0.4, -0.2) is 35.3 Å². The lowest BCUT2D eigenvalue weighted by Crippen LogP contribution is -2.21. The Morgan fingerprint density at radius 2 is 1.88 bits per heavy atom. The standard InChI is InChI=1S/C17H16F2N6O/c1-25(2)14-9-20-7-6-12(14)21-17(26)22-15-8-13(23-24-15)16-10(18)4-3-5-11(16)19/h3-9H,1-2H3,(H3,20,21,22,23,24,26). The Kier molecular flexibility index (Phi) is 4.78. The van der Waals surface area contributed by atoms with Crippen LogP contribution in [0, 0.1) is 11.6 Å². The largest absolute Gasteiger partial charge is 0.375 e. The lowest BCUT2D eigenvalue weighted by Gasteiger charge is -2.16. The number of carbonyl (C=O) groups excluding carboxylic acids is 1. The van der Waals surface area contributed by atoms with Gasteiger partial charge in [-0.1, -0.05) is 6.07 Å². The zero-order chi connectivity index (χ0) is 18.7. The fourth-order valence-electron chi connectivity index (χ4n) is 2.39. The minimum atomic E-state index is -0.725.